The maximum absolute atomic E-state index is 5.62. The number of methoxy groups -OCH3 is 1. The molecule has 1 unspecified atom stereocenters. The number of fused-ring (bicyclic) bond motifs is 1. The van der Waals surface area contributed by atoms with Gasteiger partial charge in [0.25, 0.3) is 0 Å². The molecule has 2 aromatic rings. The van der Waals surface area contributed by atoms with Crippen molar-refractivity contribution in [1.29, 1.82) is 0 Å². The van der Waals surface area contributed by atoms with Gasteiger partial charge in [-0.05, 0) is 18.9 Å². The molecule has 6 nitrogen and oxygen atoms in total. The van der Waals surface area contributed by atoms with E-state index in [4.69, 9.17) is 14.0 Å². The standard InChI is InChI=1S/C20H27N3O3/c1-24-19-5-3-2-4-15(19)13-21-16-6-7-20-17(12-16)18(22-26-20)14-23-8-10-25-11-9-23/h2-5,16,21H,6-14H2,1H3. The normalized spacial score (nSPS) is 20.7. The lowest BCUT2D eigenvalue weighted by Gasteiger charge is -2.27. The van der Waals surface area contributed by atoms with Crippen LogP contribution in [-0.2, 0) is 30.7 Å². The summed E-state index contributed by atoms with van der Waals surface area (Å²) >= 11 is 0. The Morgan fingerprint density at radius 1 is 1.27 bits per heavy atom. The average molecular weight is 357 g/mol. The highest BCUT2D eigenvalue weighted by molar-refractivity contribution is 5.33. The van der Waals surface area contributed by atoms with Crippen LogP contribution in [0.3, 0.4) is 0 Å². The molecule has 2 heterocycles. The minimum absolute atomic E-state index is 0.440. The quantitative estimate of drug-likeness (QED) is 0.855. The molecule has 26 heavy (non-hydrogen) atoms. The van der Waals surface area contributed by atoms with Crippen LogP contribution in [0.25, 0.3) is 0 Å². The number of ether oxygens (including phenoxy) is 2. The molecule has 1 saturated heterocycles. The fourth-order valence-corrected chi connectivity index (χ4v) is 3.84. The van der Waals surface area contributed by atoms with Gasteiger partial charge in [0.1, 0.15) is 17.2 Å². The Labute approximate surface area is 154 Å². The van der Waals surface area contributed by atoms with Crippen molar-refractivity contribution in [2.24, 2.45) is 0 Å². The second-order valence-electron chi connectivity index (χ2n) is 7.05. The first-order chi connectivity index (χ1) is 12.8. The van der Waals surface area contributed by atoms with Gasteiger partial charge in [-0.15, -0.1) is 0 Å². The summed E-state index contributed by atoms with van der Waals surface area (Å²) in [4.78, 5) is 2.40. The fraction of sp³-hybridized carbons (Fsp3) is 0.550. The van der Waals surface area contributed by atoms with Crippen LogP contribution in [0.5, 0.6) is 5.75 Å². The van der Waals surface area contributed by atoms with Crippen molar-refractivity contribution in [3.8, 4) is 5.75 Å². The summed E-state index contributed by atoms with van der Waals surface area (Å²) in [5.74, 6) is 2.01. The molecule has 140 valence electrons. The summed E-state index contributed by atoms with van der Waals surface area (Å²) in [6.07, 6.45) is 3.01. The minimum Gasteiger partial charge on any atom is -0.496 e. The number of benzene rings is 1. The zero-order valence-electron chi connectivity index (χ0n) is 15.4. The molecule has 0 saturated carbocycles. The van der Waals surface area contributed by atoms with E-state index in [9.17, 15) is 0 Å². The fourth-order valence-electron chi connectivity index (χ4n) is 3.84. The van der Waals surface area contributed by atoms with Crippen molar-refractivity contribution in [3.05, 3.63) is 46.8 Å². The van der Waals surface area contributed by atoms with Gasteiger partial charge in [0.15, 0.2) is 0 Å². The molecule has 1 aromatic carbocycles. The maximum Gasteiger partial charge on any atom is 0.140 e. The molecular formula is C20H27N3O3. The molecule has 0 radical (unpaired) electrons. The molecule has 1 aromatic heterocycles. The van der Waals surface area contributed by atoms with Gasteiger partial charge in [0.2, 0.25) is 0 Å². The van der Waals surface area contributed by atoms with Gasteiger partial charge < -0.3 is 19.3 Å². The van der Waals surface area contributed by atoms with Crippen molar-refractivity contribution in [2.75, 3.05) is 33.4 Å². The third kappa shape index (κ3) is 3.92. The van der Waals surface area contributed by atoms with E-state index in [-0.39, 0.29) is 0 Å². The summed E-state index contributed by atoms with van der Waals surface area (Å²) in [7, 11) is 1.72. The molecule has 1 aliphatic heterocycles. The zero-order valence-corrected chi connectivity index (χ0v) is 15.4. The number of hydrogen-bond donors (Lipinski definition) is 1. The van der Waals surface area contributed by atoms with Crippen molar-refractivity contribution >= 4 is 0 Å². The van der Waals surface area contributed by atoms with Crippen LogP contribution in [0.15, 0.2) is 28.8 Å². The smallest absolute Gasteiger partial charge is 0.140 e. The first-order valence-electron chi connectivity index (χ1n) is 9.45. The molecule has 0 bridgehead atoms. The van der Waals surface area contributed by atoms with E-state index in [0.717, 1.165) is 75.9 Å². The third-order valence-electron chi connectivity index (χ3n) is 5.37. The SMILES string of the molecule is COc1ccccc1CNC1CCc2onc(CN3CCOCC3)c2C1. The number of morpholine rings is 1. The van der Waals surface area contributed by atoms with Crippen molar-refractivity contribution in [2.45, 2.75) is 38.4 Å². The van der Waals surface area contributed by atoms with Crippen LogP contribution in [0.1, 0.15) is 29.0 Å². The zero-order chi connectivity index (χ0) is 17.8. The number of aromatic nitrogens is 1. The van der Waals surface area contributed by atoms with Gasteiger partial charge in [0, 0.05) is 49.8 Å². The van der Waals surface area contributed by atoms with E-state index in [1.54, 1.807) is 7.11 Å². The number of rotatable bonds is 6. The van der Waals surface area contributed by atoms with Crippen molar-refractivity contribution < 1.29 is 14.0 Å². The first kappa shape index (κ1) is 17.5. The van der Waals surface area contributed by atoms with E-state index in [1.165, 1.54) is 11.1 Å². The number of para-hydroxylation sites is 1. The summed E-state index contributed by atoms with van der Waals surface area (Å²) in [6, 6.07) is 8.62. The molecule has 1 N–H and O–H groups in total. The van der Waals surface area contributed by atoms with E-state index < -0.39 is 0 Å². The highest BCUT2D eigenvalue weighted by Gasteiger charge is 2.26. The molecule has 1 fully saturated rings. The van der Waals surface area contributed by atoms with Crippen LogP contribution in [0.4, 0.5) is 0 Å². The highest BCUT2D eigenvalue weighted by Crippen LogP contribution is 2.26. The summed E-state index contributed by atoms with van der Waals surface area (Å²) in [5, 5.41) is 8.06. The van der Waals surface area contributed by atoms with Gasteiger partial charge in [-0.2, -0.15) is 0 Å². The largest absolute Gasteiger partial charge is 0.496 e. The first-order valence-corrected chi connectivity index (χ1v) is 9.45. The Bertz CT molecular complexity index is 725. The highest BCUT2D eigenvalue weighted by atomic mass is 16.5. The van der Waals surface area contributed by atoms with Gasteiger partial charge in [0.05, 0.1) is 20.3 Å². The summed E-state index contributed by atoms with van der Waals surface area (Å²) < 4.78 is 16.5. The Morgan fingerprint density at radius 2 is 2.12 bits per heavy atom. The predicted octanol–water partition coefficient (Wildman–Crippen LogP) is 2.16. The van der Waals surface area contributed by atoms with Crippen molar-refractivity contribution in [3.63, 3.8) is 0 Å². The summed E-state index contributed by atoms with van der Waals surface area (Å²) in [6.45, 7) is 5.23. The Morgan fingerprint density at radius 3 is 2.96 bits per heavy atom. The van der Waals surface area contributed by atoms with E-state index >= 15 is 0 Å². The average Bonchev–Trinajstić information content (AvgIpc) is 3.09. The van der Waals surface area contributed by atoms with Gasteiger partial charge in [-0.25, -0.2) is 0 Å². The minimum atomic E-state index is 0.440. The number of nitrogens with one attached hydrogen (secondary N) is 1. The summed E-state index contributed by atoms with van der Waals surface area (Å²) in [5.41, 5.74) is 3.60. The maximum atomic E-state index is 5.62. The van der Waals surface area contributed by atoms with Gasteiger partial charge in [-0.1, -0.05) is 23.4 Å². The number of nitrogens with zero attached hydrogens (tertiary/aromatic N) is 2. The number of hydrogen-bond acceptors (Lipinski definition) is 6. The Kier molecular flexibility index (Phi) is 5.53. The molecule has 0 amide bonds. The second kappa shape index (κ2) is 8.20. The molecule has 6 heteroatoms. The third-order valence-corrected chi connectivity index (χ3v) is 5.37. The van der Waals surface area contributed by atoms with Crippen LogP contribution >= 0.6 is 0 Å². The Hall–Kier alpha value is -1.89. The monoisotopic (exact) mass is 357 g/mol. The topological polar surface area (TPSA) is 59.8 Å². The van der Waals surface area contributed by atoms with Crippen molar-refractivity contribution in [1.82, 2.24) is 15.4 Å². The second-order valence-corrected chi connectivity index (χ2v) is 7.05. The Balaban J connectivity index is 1.38. The van der Waals surface area contributed by atoms with Crippen LogP contribution in [0.2, 0.25) is 0 Å². The van der Waals surface area contributed by atoms with Crippen LogP contribution in [0, 0.1) is 0 Å². The van der Waals surface area contributed by atoms with E-state index in [1.807, 2.05) is 12.1 Å². The number of aryl methyl sites for hydroxylation is 1. The van der Waals surface area contributed by atoms with Crippen LogP contribution < -0.4 is 10.1 Å². The molecule has 1 atom stereocenters. The van der Waals surface area contributed by atoms with E-state index in [2.05, 4.69) is 27.5 Å². The lowest BCUT2D eigenvalue weighted by molar-refractivity contribution is 0.0331. The predicted molar refractivity (Wildman–Crippen MR) is 98.2 cm³/mol. The van der Waals surface area contributed by atoms with E-state index in [0.29, 0.717) is 6.04 Å². The van der Waals surface area contributed by atoms with Gasteiger partial charge in [-0.3, -0.25) is 4.90 Å². The van der Waals surface area contributed by atoms with Crippen LogP contribution in [-0.4, -0.2) is 49.5 Å². The molecule has 1 aliphatic carbocycles. The molecule has 4 rings (SSSR count). The molecule has 2 aliphatic rings. The van der Waals surface area contributed by atoms with Gasteiger partial charge >= 0.3 is 0 Å². The lowest BCUT2D eigenvalue weighted by Crippen LogP contribution is -2.37. The lowest BCUT2D eigenvalue weighted by atomic mass is 9.91. The molecular weight excluding hydrogens is 330 g/mol. The molecule has 0 spiro atoms.